The molecule has 0 saturated heterocycles. The Kier molecular flexibility index (Phi) is 2.96. The van der Waals surface area contributed by atoms with Gasteiger partial charge in [-0.3, -0.25) is 4.79 Å². The molecular formula is C11H13NO3S. The lowest BCUT2D eigenvalue weighted by atomic mass is 10.2. The lowest BCUT2D eigenvalue weighted by Crippen LogP contribution is -2.09. The minimum atomic E-state index is -0.396. The monoisotopic (exact) mass is 239 g/mol. The van der Waals surface area contributed by atoms with E-state index in [1.54, 1.807) is 0 Å². The van der Waals surface area contributed by atoms with Crippen LogP contribution in [-0.4, -0.2) is 19.0 Å². The molecule has 0 aromatic carbocycles. The quantitative estimate of drug-likeness (QED) is 0.824. The molecule has 0 unspecified atom stereocenters. The molecule has 0 aliphatic heterocycles. The van der Waals surface area contributed by atoms with Crippen LogP contribution in [0.3, 0.4) is 0 Å². The first-order valence-electron chi connectivity index (χ1n) is 5.11. The third-order valence-corrected chi connectivity index (χ3v) is 3.64. The average Bonchev–Trinajstić information content (AvgIpc) is 3.00. The van der Waals surface area contributed by atoms with E-state index in [1.165, 1.54) is 38.2 Å². The smallest absolute Gasteiger partial charge is 0.340 e. The van der Waals surface area contributed by atoms with E-state index in [1.807, 2.05) is 6.07 Å². The summed E-state index contributed by atoms with van der Waals surface area (Å²) in [6, 6.07) is 1.83. The van der Waals surface area contributed by atoms with E-state index in [4.69, 9.17) is 0 Å². The van der Waals surface area contributed by atoms with Crippen LogP contribution in [0.4, 0.5) is 5.00 Å². The fourth-order valence-corrected chi connectivity index (χ4v) is 2.76. The Hall–Kier alpha value is -1.36. The highest BCUT2D eigenvalue weighted by molar-refractivity contribution is 7.16. The standard InChI is InChI=1S/C11H13NO3S/c1-6(13)12-10-8(11(14)15-2)5-9(16-10)7-3-4-7/h5,7H,3-4H2,1-2H3,(H,12,13). The van der Waals surface area contributed by atoms with Crippen molar-refractivity contribution in [1.82, 2.24) is 0 Å². The molecular weight excluding hydrogens is 226 g/mol. The van der Waals surface area contributed by atoms with E-state index in [0.717, 1.165) is 4.88 Å². The lowest BCUT2D eigenvalue weighted by molar-refractivity contribution is -0.114. The molecule has 1 aliphatic carbocycles. The third-order valence-electron chi connectivity index (χ3n) is 2.43. The SMILES string of the molecule is COC(=O)c1cc(C2CC2)sc1NC(C)=O. The second kappa shape index (κ2) is 4.25. The molecule has 1 fully saturated rings. The summed E-state index contributed by atoms with van der Waals surface area (Å²) < 4.78 is 4.69. The number of amides is 1. The third kappa shape index (κ3) is 2.24. The molecule has 1 heterocycles. The van der Waals surface area contributed by atoms with Crippen molar-refractivity contribution in [2.45, 2.75) is 25.7 Å². The summed E-state index contributed by atoms with van der Waals surface area (Å²) in [5.41, 5.74) is 0.463. The maximum Gasteiger partial charge on any atom is 0.340 e. The molecule has 5 heteroatoms. The van der Waals surface area contributed by atoms with E-state index in [2.05, 4.69) is 10.1 Å². The summed E-state index contributed by atoms with van der Waals surface area (Å²) in [6.45, 7) is 1.43. The summed E-state index contributed by atoms with van der Waals surface area (Å²) in [6.07, 6.45) is 2.33. The highest BCUT2D eigenvalue weighted by atomic mass is 32.1. The maximum atomic E-state index is 11.5. The summed E-state index contributed by atoms with van der Waals surface area (Å²) in [5.74, 6) is -0.00263. The van der Waals surface area contributed by atoms with Gasteiger partial charge >= 0.3 is 5.97 Å². The van der Waals surface area contributed by atoms with Gasteiger partial charge in [0.2, 0.25) is 5.91 Å². The molecule has 2 rings (SSSR count). The van der Waals surface area contributed by atoms with Gasteiger partial charge in [-0.1, -0.05) is 0 Å². The van der Waals surface area contributed by atoms with Gasteiger partial charge in [-0.25, -0.2) is 4.79 Å². The number of ether oxygens (including phenoxy) is 1. The Morgan fingerprint density at radius 1 is 1.50 bits per heavy atom. The number of nitrogens with one attached hydrogen (secondary N) is 1. The molecule has 0 spiro atoms. The second-order valence-electron chi connectivity index (χ2n) is 3.84. The molecule has 1 amide bonds. The normalized spacial score (nSPS) is 14.6. The van der Waals surface area contributed by atoms with Crippen LogP contribution in [0.25, 0.3) is 0 Å². The van der Waals surface area contributed by atoms with Crippen LogP contribution < -0.4 is 5.32 Å². The summed E-state index contributed by atoms with van der Waals surface area (Å²) in [4.78, 5) is 23.7. The van der Waals surface area contributed by atoms with Crippen molar-refractivity contribution in [3.05, 3.63) is 16.5 Å². The number of carbonyl (C=O) groups excluding carboxylic acids is 2. The fourth-order valence-electron chi connectivity index (χ4n) is 1.49. The first-order valence-corrected chi connectivity index (χ1v) is 5.93. The van der Waals surface area contributed by atoms with E-state index < -0.39 is 5.97 Å². The minimum Gasteiger partial charge on any atom is -0.465 e. The minimum absolute atomic E-state index is 0.172. The second-order valence-corrected chi connectivity index (χ2v) is 4.92. The van der Waals surface area contributed by atoms with Crippen molar-refractivity contribution in [3.63, 3.8) is 0 Å². The van der Waals surface area contributed by atoms with Gasteiger partial charge in [0.15, 0.2) is 0 Å². The molecule has 0 bridgehead atoms. The Balaban J connectivity index is 2.31. The van der Waals surface area contributed by atoms with Crippen LogP contribution in [0.2, 0.25) is 0 Å². The van der Waals surface area contributed by atoms with E-state index in [9.17, 15) is 9.59 Å². The molecule has 86 valence electrons. The van der Waals surface area contributed by atoms with Crippen LogP contribution in [0.15, 0.2) is 6.07 Å². The zero-order valence-corrected chi connectivity index (χ0v) is 10.0. The number of thiophene rings is 1. The van der Waals surface area contributed by atoms with Gasteiger partial charge in [0.25, 0.3) is 0 Å². The number of rotatable bonds is 3. The molecule has 0 atom stereocenters. The number of methoxy groups -OCH3 is 1. The predicted molar refractivity (Wildman–Crippen MR) is 61.9 cm³/mol. The van der Waals surface area contributed by atoms with Crippen LogP contribution in [0.5, 0.6) is 0 Å². The fraction of sp³-hybridized carbons (Fsp3) is 0.455. The summed E-state index contributed by atoms with van der Waals surface area (Å²) in [5, 5.41) is 3.27. The van der Waals surface area contributed by atoms with Crippen LogP contribution >= 0.6 is 11.3 Å². The van der Waals surface area contributed by atoms with Crippen LogP contribution in [-0.2, 0) is 9.53 Å². The molecule has 0 radical (unpaired) electrons. The average molecular weight is 239 g/mol. The number of carbonyl (C=O) groups is 2. The predicted octanol–water partition coefficient (Wildman–Crippen LogP) is 2.37. The van der Waals surface area contributed by atoms with Gasteiger partial charge in [-0.2, -0.15) is 0 Å². The van der Waals surface area contributed by atoms with Gasteiger partial charge in [0.1, 0.15) is 5.00 Å². The molecule has 1 aromatic rings. The highest BCUT2D eigenvalue weighted by Crippen LogP contribution is 2.45. The van der Waals surface area contributed by atoms with Gasteiger partial charge in [0, 0.05) is 11.8 Å². The van der Waals surface area contributed by atoms with Crippen molar-refractivity contribution in [1.29, 1.82) is 0 Å². The van der Waals surface area contributed by atoms with Crippen LogP contribution in [0, 0.1) is 0 Å². The molecule has 16 heavy (non-hydrogen) atoms. The molecule has 1 aromatic heterocycles. The van der Waals surface area contributed by atoms with Crippen molar-refractivity contribution >= 4 is 28.2 Å². The Morgan fingerprint density at radius 3 is 2.69 bits per heavy atom. The first-order chi connectivity index (χ1) is 7.61. The lowest BCUT2D eigenvalue weighted by Gasteiger charge is -2.01. The van der Waals surface area contributed by atoms with Crippen LogP contribution in [0.1, 0.15) is 40.9 Å². The molecule has 1 N–H and O–H groups in total. The highest BCUT2D eigenvalue weighted by Gasteiger charge is 2.28. The van der Waals surface area contributed by atoms with Gasteiger partial charge in [-0.05, 0) is 24.8 Å². The number of hydrogen-bond acceptors (Lipinski definition) is 4. The Labute approximate surface area is 97.6 Å². The molecule has 1 aliphatic rings. The van der Waals surface area contributed by atoms with E-state index >= 15 is 0 Å². The summed E-state index contributed by atoms with van der Waals surface area (Å²) in [7, 11) is 1.34. The topological polar surface area (TPSA) is 55.4 Å². The van der Waals surface area contributed by atoms with Gasteiger partial charge in [0.05, 0.1) is 12.7 Å². The molecule has 1 saturated carbocycles. The van der Waals surface area contributed by atoms with Gasteiger partial charge < -0.3 is 10.1 Å². The van der Waals surface area contributed by atoms with E-state index in [0.29, 0.717) is 16.5 Å². The first kappa shape index (κ1) is 11.1. The van der Waals surface area contributed by atoms with Crippen molar-refractivity contribution in [2.24, 2.45) is 0 Å². The zero-order valence-electron chi connectivity index (χ0n) is 9.20. The largest absolute Gasteiger partial charge is 0.465 e. The Bertz CT molecular complexity index is 434. The van der Waals surface area contributed by atoms with Crippen molar-refractivity contribution in [3.8, 4) is 0 Å². The number of anilines is 1. The van der Waals surface area contributed by atoms with Crippen molar-refractivity contribution < 1.29 is 14.3 Å². The zero-order chi connectivity index (χ0) is 11.7. The number of esters is 1. The Morgan fingerprint density at radius 2 is 2.19 bits per heavy atom. The number of hydrogen-bond donors (Lipinski definition) is 1. The maximum absolute atomic E-state index is 11.5. The van der Waals surface area contributed by atoms with Crippen molar-refractivity contribution in [2.75, 3.05) is 12.4 Å². The molecule has 4 nitrogen and oxygen atoms in total. The van der Waals surface area contributed by atoms with E-state index in [-0.39, 0.29) is 5.91 Å². The summed E-state index contributed by atoms with van der Waals surface area (Å²) >= 11 is 1.47. The van der Waals surface area contributed by atoms with Gasteiger partial charge in [-0.15, -0.1) is 11.3 Å².